The van der Waals surface area contributed by atoms with Gasteiger partial charge in [-0.3, -0.25) is 4.79 Å². The Morgan fingerprint density at radius 1 is 1.15 bits per heavy atom. The van der Waals surface area contributed by atoms with Crippen LogP contribution < -0.4 is 15.7 Å². The number of rotatable bonds is 5. The van der Waals surface area contributed by atoms with Crippen LogP contribution >= 0.6 is 0 Å². The van der Waals surface area contributed by atoms with Crippen LogP contribution in [0.3, 0.4) is 0 Å². The molecule has 2 aromatic carbocycles. The third-order valence-corrected chi connectivity index (χ3v) is 4.46. The van der Waals surface area contributed by atoms with E-state index in [1.807, 2.05) is 6.07 Å². The van der Waals surface area contributed by atoms with Gasteiger partial charge in [0.05, 0.1) is 6.10 Å². The first-order valence-corrected chi connectivity index (χ1v) is 8.88. The van der Waals surface area contributed by atoms with Crippen LogP contribution in [0, 0.1) is 0 Å². The zero-order valence-electron chi connectivity index (χ0n) is 14.6. The third kappa shape index (κ3) is 4.01. The van der Waals surface area contributed by atoms with E-state index in [4.69, 9.17) is 13.9 Å². The first kappa shape index (κ1) is 17.3. The van der Waals surface area contributed by atoms with E-state index >= 15 is 0 Å². The Labute approximate surface area is 155 Å². The molecule has 1 amide bonds. The van der Waals surface area contributed by atoms with Crippen LogP contribution in [0.15, 0.2) is 63.8 Å². The molecule has 1 aromatic heterocycles. The molecule has 2 heterocycles. The molecule has 6 nitrogen and oxygen atoms in total. The molecule has 1 fully saturated rings. The van der Waals surface area contributed by atoms with Crippen molar-refractivity contribution in [3.8, 4) is 5.75 Å². The molecule has 0 spiro atoms. The predicted molar refractivity (Wildman–Crippen MR) is 101 cm³/mol. The number of hydrogen-bond acceptors (Lipinski definition) is 5. The fourth-order valence-corrected chi connectivity index (χ4v) is 3.02. The Morgan fingerprint density at radius 3 is 2.74 bits per heavy atom. The lowest BCUT2D eigenvalue weighted by atomic mass is 10.1. The first-order valence-electron chi connectivity index (χ1n) is 8.88. The molecule has 1 unspecified atom stereocenters. The van der Waals surface area contributed by atoms with Crippen LogP contribution in [0.25, 0.3) is 11.0 Å². The third-order valence-electron chi connectivity index (χ3n) is 4.46. The molecular weight excluding hydrogens is 346 g/mol. The lowest BCUT2D eigenvalue weighted by molar-refractivity contribution is 0.0679. The number of carbonyl (C=O) groups is 1. The summed E-state index contributed by atoms with van der Waals surface area (Å²) in [5.41, 5.74) is 0.318. The highest BCUT2D eigenvalue weighted by Crippen LogP contribution is 2.19. The van der Waals surface area contributed by atoms with Crippen LogP contribution in [0.4, 0.5) is 5.69 Å². The van der Waals surface area contributed by atoms with Crippen molar-refractivity contribution in [3.05, 3.63) is 70.6 Å². The normalized spacial score (nSPS) is 16.4. The van der Waals surface area contributed by atoms with Gasteiger partial charge in [-0.25, -0.2) is 4.79 Å². The van der Waals surface area contributed by atoms with E-state index in [9.17, 15) is 9.59 Å². The minimum absolute atomic E-state index is 0.0348. The largest absolute Gasteiger partial charge is 0.491 e. The predicted octanol–water partition coefficient (Wildman–Crippen LogP) is 3.60. The summed E-state index contributed by atoms with van der Waals surface area (Å²) in [5, 5.41) is 3.40. The minimum Gasteiger partial charge on any atom is -0.491 e. The van der Waals surface area contributed by atoms with Gasteiger partial charge in [-0.2, -0.15) is 0 Å². The molecule has 6 heteroatoms. The van der Waals surface area contributed by atoms with Gasteiger partial charge in [-0.1, -0.05) is 18.2 Å². The van der Waals surface area contributed by atoms with Crippen LogP contribution in [0.5, 0.6) is 5.75 Å². The molecule has 1 aliphatic rings. The standard InChI is InChI=1S/C21H19NO5/c23-20(18-12-14-4-1-2-6-19(14)27-21(18)24)22-15-7-9-16(10-8-15)26-13-17-5-3-11-25-17/h1-2,4,6-10,12,17H,3,5,11,13H2,(H,22,23). The monoisotopic (exact) mass is 365 g/mol. The highest BCUT2D eigenvalue weighted by molar-refractivity contribution is 6.05. The minimum atomic E-state index is -0.664. The van der Waals surface area contributed by atoms with Crippen molar-refractivity contribution < 1.29 is 18.7 Å². The van der Waals surface area contributed by atoms with Gasteiger partial charge in [0.15, 0.2) is 0 Å². The van der Waals surface area contributed by atoms with Gasteiger partial charge in [0.25, 0.3) is 5.91 Å². The van der Waals surface area contributed by atoms with Gasteiger partial charge in [-0.15, -0.1) is 0 Å². The SMILES string of the molecule is O=C(Nc1ccc(OCC2CCCO2)cc1)c1cc2ccccc2oc1=O. The van der Waals surface area contributed by atoms with Gasteiger partial charge in [0.1, 0.15) is 23.5 Å². The van der Waals surface area contributed by atoms with Crippen LogP contribution in [0.1, 0.15) is 23.2 Å². The summed E-state index contributed by atoms with van der Waals surface area (Å²) in [4.78, 5) is 24.5. The summed E-state index contributed by atoms with van der Waals surface area (Å²) in [7, 11) is 0. The number of benzene rings is 2. The van der Waals surface area contributed by atoms with Gasteiger partial charge >= 0.3 is 5.63 Å². The molecule has 0 saturated carbocycles. The van der Waals surface area contributed by atoms with E-state index in [0.717, 1.165) is 19.4 Å². The van der Waals surface area contributed by atoms with E-state index in [-0.39, 0.29) is 11.7 Å². The fourth-order valence-electron chi connectivity index (χ4n) is 3.02. The van der Waals surface area contributed by atoms with E-state index in [0.29, 0.717) is 29.0 Å². The maximum Gasteiger partial charge on any atom is 0.349 e. The molecular formula is C21H19NO5. The van der Waals surface area contributed by atoms with Crippen molar-refractivity contribution in [2.24, 2.45) is 0 Å². The Kier molecular flexibility index (Phi) is 4.89. The Balaban J connectivity index is 1.43. The lowest BCUT2D eigenvalue weighted by Gasteiger charge is -2.12. The topological polar surface area (TPSA) is 77.8 Å². The fraction of sp³-hybridized carbons (Fsp3) is 0.238. The van der Waals surface area contributed by atoms with Gasteiger partial charge in [-0.05, 0) is 49.2 Å². The number of nitrogens with one attached hydrogen (secondary N) is 1. The van der Waals surface area contributed by atoms with Gasteiger partial charge < -0.3 is 19.2 Å². The number of amides is 1. The molecule has 4 rings (SSSR count). The molecule has 0 radical (unpaired) electrons. The second-order valence-electron chi connectivity index (χ2n) is 6.41. The zero-order valence-corrected chi connectivity index (χ0v) is 14.6. The van der Waals surface area contributed by atoms with Crippen molar-refractivity contribution in [2.75, 3.05) is 18.5 Å². The molecule has 27 heavy (non-hydrogen) atoms. The molecule has 3 aromatic rings. The number of ether oxygens (including phenoxy) is 2. The summed E-state index contributed by atoms with van der Waals surface area (Å²) >= 11 is 0. The molecule has 0 bridgehead atoms. The quantitative estimate of drug-likeness (QED) is 0.699. The molecule has 138 valence electrons. The van der Waals surface area contributed by atoms with Crippen molar-refractivity contribution in [1.29, 1.82) is 0 Å². The summed E-state index contributed by atoms with van der Waals surface area (Å²) < 4.78 is 16.4. The van der Waals surface area contributed by atoms with E-state index < -0.39 is 11.5 Å². The van der Waals surface area contributed by atoms with Crippen LogP contribution in [-0.4, -0.2) is 25.2 Å². The molecule has 1 saturated heterocycles. The summed E-state index contributed by atoms with van der Waals surface area (Å²) in [6.45, 7) is 1.31. The number of hydrogen-bond donors (Lipinski definition) is 1. The van der Waals surface area contributed by atoms with Crippen molar-refractivity contribution in [2.45, 2.75) is 18.9 Å². The number of anilines is 1. The molecule has 1 atom stereocenters. The maximum absolute atomic E-state index is 12.4. The van der Waals surface area contributed by atoms with Crippen LogP contribution in [0.2, 0.25) is 0 Å². The summed E-state index contributed by atoms with van der Waals surface area (Å²) in [6.07, 6.45) is 2.24. The molecule has 1 aliphatic heterocycles. The van der Waals surface area contributed by atoms with Crippen molar-refractivity contribution in [3.63, 3.8) is 0 Å². The highest BCUT2D eigenvalue weighted by Gasteiger charge is 2.16. The number of para-hydroxylation sites is 1. The smallest absolute Gasteiger partial charge is 0.349 e. The van der Waals surface area contributed by atoms with Crippen molar-refractivity contribution in [1.82, 2.24) is 0 Å². The van der Waals surface area contributed by atoms with Gasteiger partial charge in [0, 0.05) is 17.7 Å². The van der Waals surface area contributed by atoms with E-state index in [1.54, 1.807) is 42.5 Å². The average molecular weight is 365 g/mol. The number of fused-ring (bicyclic) bond motifs is 1. The van der Waals surface area contributed by atoms with Crippen LogP contribution in [-0.2, 0) is 4.74 Å². The Bertz CT molecular complexity index is 1000. The number of carbonyl (C=O) groups excluding carboxylic acids is 1. The molecule has 0 aliphatic carbocycles. The maximum atomic E-state index is 12.4. The lowest BCUT2D eigenvalue weighted by Crippen LogP contribution is -2.20. The van der Waals surface area contributed by atoms with E-state index in [1.165, 1.54) is 6.07 Å². The van der Waals surface area contributed by atoms with E-state index in [2.05, 4.69) is 5.32 Å². The second-order valence-corrected chi connectivity index (χ2v) is 6.41. The van der Waals surface area contributed by atoms with Crippen molar-refractivity contribution >= 4 is 22.6 Å². The summed E-state index contributed by atoms with van der Waals surface area (Å²) in [5.74, 6) is 0.191. The Morgan fingerprint density at radius 2 is 1.96 bits per heavy atom. The average Bonchev–Trinajstić information content (AvgIpc) is 3.20. The zero-order chi connectivity index (χ0) is 18.6. The second kappa shape index (κ2) is 7.63. The first-order chi connectivity index (χ1) is 13.2. The molecule has 1 N–H and O–H groups in total. The van der Waals surface area contributed by atoms with Gasteiger partial charge in [0.2, 0.25) is 0 Å². The Hall–Kier alpha value is -3.12. The summed E-state index contributed by atoms with van der Waals surface area (Å²) in [6, 6.07) is 15.6. The highest BCUT2D eigenvalue weighted by atomic mass is 16.5.